The van der Waals surface area contributed by atoms with Crippen LogP contribution in [0.4, 0.5) is 0 Å². The Kier molecular flexibility index (Phi) is 2.64. The van der Waals surface area contributed by atoms with Gasteiger partial charge in [0.15, 0.2) is 0 Å². The van der Waals surface area contributed by atoms with Crippen molar-refractivity contribution in [2.45, 2.75) is 31.2 Å². The normalized spacial score (nSPS) is 18.2. The highest BCUT2D eigenvalue weighted by molar-refractivity contribution is 5.96. The van der Waals surface area contributed by atoms with E-state index in [4.69, 9.17) is 5.11 Å². The SMILES string of the molecule is O=C(NC1(C(=O)O)CCCC1)c1cnc[nH]1. The van der Waals surface area contributed by atoms with Crippen LogP contribution in [0.25, 0.3) is 0 Å². The second-order valence-corrected chi connectivity index (χ2v) is 4.01. The van der Waals surface area contributed by atoms with Gasteiger partial charge in [0.05, 0.1) is 12.5 Å². The van der Waals surface area contributed by atoms with Gasteiger partial charge < -0.3 is 15.4 Å². The second kappa shape index (κ2) is 3.96. The van der Waals surface area contributed by atoms with Crippen molar-refractivity contribution in [2.75, 3.05) is 0 Å². The van der Waals surface area contributed by atoms with Crippen molar-refractivity contribution in [3.8, 4) is 0 Å². The van der Waals surface area contributed by atoms with Gasteiger partial charge in [-0.3, -0.25) is 4.79 Å². The number of aliphatic carboxylic acids is 1. The summed E-state index contributed by atoms with van der Waals surface area (Å²) in [4.78, 5) is 29.3. The molecule has 0 bridgehead atoms. The first kappa shape index (κ1) is 10.7. The average molecular weight is 223 g/mol. The summed E-state index contributed by atoms with van der Waals surface area (Å²) >= 11 is 0. The molecule has 6 heteroatoms. The van der Waals surface area contributed by atoms with Crippen molar-refractivity contribution in [2.24, 2.45) is 0 Å². The number of imidazole rings is 1. The van der Waals surface area contributed by atoms with Gasteiger partial charge in [0.1, 0.15) is 11.2 Å². The zero-order valence-corrected chi connectivity index (χ0v) is 8.69. The van der Waals surface area contributed by atoms with E-state index < -0.39 is 17.4 Å². The minimum Gasteiger partial charge on any atom is -0.480 e. The fourth-order valence-electron chi connectivity index (χ4n) is 2.04. The van der Waals surface area contributed by atoms with Crippen LogP contribution in [0.15, 0.2) is 12.5 Å². The number of carboxylic acid groups (broad SMARTS) is 1. The number of carboxylic acids is 1. The molecular formula is C10H13N3O3. The van der Waals surface area contributed by atoms with Crippen LogP contribution in [0.5, 0.6) is 0 Å². The lowest BCUT2D eigenvalue weighted by atomic mass is 9.98. The molecule has 0 radical (unpaired) electrons. The van der Waals surface area contributed by atoms with Gasteiger partial charge >= 0.3 is 5.97 Å². The van der Waals surface area contributed by atoms with Crippen LogP contribution in [0.1, 0.15) is 36.2 Å². The third kappa shape index (κ3) is 1.78. The molecule has 6 nitrogen and oxygen atoms in total. The summed E-state index contributed by atoms with van der Waals surface area (Å²) in [5.74, 6) is -1.38. The summed E-state index contributed by atoms with van der Waals surface area (Å²) in [7, 11) is 0. The third-order valence-corrected chi connectivity index (χ3v) is 2.96. The number of amides is 1. The van der Waals surface area contributed by atoms with Crippen molar-refractivity contribution in [3.63, 3.8) is 0 Å². The van der Waals surface area contributed by atoms with E-state index >= 15 is 0 Å². The average Bonchev–Trinajstić information content (AvgIpc) is 2.88. The van der Waals surface area contributed by atoms with Crippen LogP contribution >= 0.6 is 0 Å². The zero-order chi connectivity index (χ0) is 11.6. The van der Waals surface area contributed by atoms with Crippen molar-refractivity contribution in [1.29, 1.82) is 0 Å². The first-order chi connectivity index (χ1) is 7.64. The molecule has 2 rings (SSSR count). The molecule has 1 aliphatic rings. The van der Waals surface area contributed by atoms with Gasteiger partial charge in [0, 0.05) is 0 Å². The highest BCUT2D eigenvalue weighted by atomic mass is 16.4. The second-order valence-electron chi connectivity index (χ2n) is 4.01. The molecule has 0 aliphatic heterocycles. The summed E-state index contributed by atoms with van der Waals surface area (Å²) in [6, 6.07) is 0. The molecule has 1 aliphatic carbocycles. The number of rotatable bonds is 3. The Labute approximate surface area is 92.1 Å². The number of hydrogen-bond donors (Lipinski definition) is 3. The molecule has 0 unspecified atom stereocenters. The standard InChI is InChI=1S/C10H13N3O3/c14-8(7-5-11-6-12-7)13-10(9(15)16)3-1-2-4-10/h5-6H,1-4H2,(H,11,12)(H,13,14)(H,15,16). The van der Waals surface area contributed by atoms with E-state index in [9.17, 15) is 9.59 Å². The molecule has 1 aromatic heterocycles. The number of hydrogen-bond acceptors (Lipinski definition) is 3. The number of aromatic amines is 1. The van der Waals surface area contributed by atoms with Crippen molar-refractivity contribution in [3.05, 3.63) is 18.2 Å². The number of aromatic nitrogens is 2. The highest BCUT2D eigenvalue weighted by Gasteiger charge is 2.42. The van der Waals surface area contributed by atoms with Crippen LogP contribution in [-0.4, -0.2) is 32.5 Å². The van der Waals surface area contributed by atoms with Crippen molar-refractivity contribution < 1.29 is 14.7 Å². The largest absolute Gasteiger partial charge is 0.480 e. The predicted octanol–water partition coefficient (Wildman–Crippen LogP) is 0.537. The van der Waals surface area contributed by atoms with Crippen LogP contribution in [0.2, 0.25) is 0 Å². The summed E-state index contributed by atoms with van der Waals surface area (Å²) < 4.78 is 0. The van der Waals surface area contributed by atoms with E-state index in [0.717, 1.165) is 12.8 Å². The van der Waals surface area contributed by atoms with E-state index in [-0.39, 0.29) is 5.69 Å². The van der Waals surface area contributed by atoms with Gasteiger partial charge in [0.25, 0.3) is 5.91 Å². The molecule has 1 aromatic rings. The first-order valence-corrected chi connectivity index (χ1v) is 5.18. The Morgan fingerprint density at radius 2 is 2.12 bits per heavy atom. The number of nitrogens with one attached hydrogen (secondary N) is 2. The Morgan fingerprint density at radius 1 is 1.44 bits per heavy atom. The van der Waals surface area contributed by atoms with E-state index in [1.807, 2.05) is 0 Å². The minimum absolute atomic E-state index is 0.285. The van der Waals surface area contributed by atoms with Gasteiger partial charge in [-0.25, -0.2) is 9.78 Å². The first-order valence-electron chi connectivity index (χ1n) is 5.18. The smallest absolute Gasteiger partial charge is 0.329 e. The molecule has 0 atom stereocenters. The summed E-state index contributed by atoms with van der Waals surface area (Å²) in [5, 5.41) is 11.8. The summed E-state index contributed by atoms with van der Waals surface area (Å²) in [6.45, 7) is 0. The van der Waals surface area contributed by atoms with Gasteiger partial charge in [-0.05, 0) is 12.8 Å². The Hall–Kier alpha value is -1.85. The highest BCUT2D eigenvalue weighted by Crippen LogP contribution is 2.30. The van der Waals surface area contributed by atoms with Gasteiger partial charge in [0.2, 0.25) is 0 Å². The topological polar surface area (TPSA) is 95.1 Å². The predicted molar refractivity (Wildman–Crippen MR) is 54.9 cm³/mol. The Balaban J connectivity index is 2.13. The molecule has 1 amide bonds. The lowest BCUT2D eigenvalue weighted by Crippen LogP contribution is -2.52. The molecule has 1 fully saturated rings. The van der Waals surface area contributed by atoms with Gasteiger partial charge in [-0.15, -0.1) is 0 Å². The van der Waals surface area contributed by atoms with Crippen LogP contribution < -0.4 is 5.32 Å². The molecular weight excluding hydrogens is 210 g/mol. The Morgan fingerprint density at radius 3 is 2.62 bits per heavy atom. The van der Waals surface area contributed by atoms with Crippen molar-refractivity contribution >= 4 is 11.9 Å². The fraction of sp³-hybridized carbons (Fsp3) is 0.500. The Bertz CT molecular complexity index is 393. The van der Waals surface area contributed by atoms with Crippen molar-refractivity contribution in [1.82, 2.24) is 15.3 Å². The zero-order valence-electron chi connectivity index (χ0n) is 8.69. The molecule has 3 N–H and O–H groups in total. The lowest BCUT2D eigenvalue weighted by molar-refractivity contribution is -0.144. The van der Waals surface area contributed by atoms with E-state index in [1.54, 1.807) is 0 Å². The number of carbonyl (C=O) groups is 2. The third-order valence-electron chi connectivity index (χ3n) is 2.96. The summed E-state index contributed by atoms with van der Waals surface area (Å²) in [6.07, 6.45) is 5.40. The maximum atomic E-state index is 11.7. The quantitative estimate of drug-likeness (QED) is 0.696. The molecule has 0 spiro atoms. The summed E-state index contributed by atoms with van der Waals surface area (Å²) in [5.41, 5.74) is -0.810. The van der Waals surface area contributed by atoms with Crippen LogP contribution in [0.3, 0.4) is 0 Å². The van der Waals surface area contributed by atoms with E-state index in [2.05, 4.69) is 15.3 Å². The maximum absolute atomic E-state index is 11.7. The van der Waals surface area contributed by atoms with Crippen LogP contribution in [-0.2, 0) is 4.79 Å². The number of carbonyl (C=O) groups excluding carboxylic acids is 1. The molecule has 1 saturated carbocycles. The molecule has 1 heterocycles. The molecule has 16 heavy (non-hydrogen) atoms. The molecule has 86 valence electrons. The monoisotopic (exact) mass is 223 g/mol. The fourth-order valence-corrected chi connectivity index (χ4v) is 2.04. The molecule has 0 saturated heterocycles. The lowest BCUT2D eigenvalue weighted by Gasteiger charge is -2.24. The van der Waals surface area contributed by atoms with Gasteiger partial charge in [-0.1, -0.05) is 12.8 Å². The van der Waals surface area contributed by atoms with Gasteiger partial charge in [-0.2, -0.15) is 0 Å². The molecule has 0 aromatic carbocycles. The maximum Gasteiger partial charge on any atom is 0.329 e. The number of H-pyrrole nitrogens is 1. The van der Waals surface area contributed by atoms with E-state index in [0.29, 0.717) is 12.8 Å². The van der Waals surface area contributed by atoms with Crippen LogP contribution in [0, 0.1) is 0 Å². The minimum atomic E-state index is -1.10. The van der Waals surface area contributed by atoms with E-state index in [1.165, 1.54) is 12.5 Å². The number of nitrogens with zero attached hydrogens (tertiary/aromatic N) is 1.